The number of hydrogen-bond acceptors (Lipinski definition) is 7. The summed E-state index contributed by atoms with van der Waals surface area (Å²) in [5.74, 6) is 1.03. The Kier molecular flexibility index (Phi) is 7.39. The maximum absolute atomic E-state index is 13.2. The molecule has 2 aliphatic heterocycles. The number of piperidine rings is 2. The Morgan fingerprint density at radius 1 is 1.15 bits per heavy atom. The van der Waals surface area contributed by atoms with Gasteiger partial charge in [0, 0.05) is 43.7 Å². The molecular weight excluding hydrogens is 420 g/mol. The summed E-state index contributed by atoms with van der Waals surface area (Å²) in [5.41, 5.74) is 8.20. The molecule has 0 unspecified atom stereocenters. The fourth-order valence-corrected chi connectivity index (χ4v) is 4.86. The fraction of sp³-hybridized carbons (Fsp3) is 0.500. The van der Waals surface area contributed by atoms with E-state index in [1.54, 1.807) is 12.3 Å². The van der Waals surface area contributed by atoms with Crippen LogP contribution in [0.25, 0.3) is 0 Å². The number of H-pyrrole nitrogens is 1. The molecule has 0 spiro atoms. The maximum Gasteiger partial charge on any atom is 0.248 e. The summed E-state index contributed by atoms with van der Waals surface area (Å²) in [6.07, 6.45) is 5.09. The van der Waals surface area contributed by atoms with E-state index in [0.717, 1.165) is 56.6 Å². The third-order valence-corrected chi connectivity index (χ3v) is 6.62. The molecule has 33 heavy (non-hydrogen) atoms. The molecule has 3 N–H and O–H groups in total. The zero-order chi connectivity index (χ0) is 23.2. The van der Waals surface area contributed by atoms with Crippen LogP contribution in [-0.4, -0.2) is 64.7 Å². The minimum absolute atomic E-state index is 0.0814. The fourth-order valence-electron chi connectivity index (χ4n) is 4.86. The number of oxime groups is 1. The molecule has 0 saturated carbocycles. The Morgan fingerprint density at radius 2 is 1.88 bits per heavy atom. The van der Waals surface area contributed by atoms with E-state index in [4.69, 9.17) is 10.6 Å². The van der Waals surface area contributed by atoms with Crippen LogP contribution in [0, 0.1) is 11.8 Å². The number of anilines is 1. The molecule has 4 rings (SSSR count). The second-order valence-electron chi connectivity index (χ2n) is 8.83. The second kappa shape index (κ2) is 10.6. The molecule has 0 aromatic carbocycles. The predicted molar refractivity (Wildman–Crippen MR) is 127 cm³/mol. The molecule has 9 heteroatoms. The first-order valence-electron chi connectivity index (χ1n) is 11.6. The average Bonchev–Trinajstić information content (AvgIpc) is 2.83. The van der Waals surface area contributed by atoms with E-state index in [2.05, 4.69) is 20.0 Å². The first kappa shape index (κ1) is 23.0. The molecule has 0 radical (unpaired) electrons. The van der Waals surface area contributed by atoms with E-state index in [9.17, 15) is 9.59 Å². The lowest BCUT2D eigenvalue weighted by Gasteiger charge is -2.37. The van der Waals surface area contributed by atoms with Gasteiger partial charge < -0.3 is 20.5 Å². The first-order chi connectivity index (χ1) is 16.0. The Morgan fingerprint density at radius 3 is 2.55 bits per heavy atom. The average molecular weight is 453 g/mol. The molecule has 2 aromatic rings. The number of aromatic nitrogens is 2. The topological polar surface area (TPSA) is 117 Å². The van der Waals surface area contributed by atoms with Crippen LogP contribution in [0.4, 0.5) is 5.82 Å². The van der Waals surface area contributed by atoms with Crippen molar-refractivity contribution < 1.29 is 9.63 Å². The van der Waals surface area contributed by atoms with Gasteiger partial charge in [0.1, 0.15) is 18.6 Å². The molecule has 176 valence electrons. The van der Waals surface area contributed by atoms with E-state index in [-0.39, 0.29) is 23.3 Å². The summed E-state index contributed by atoms with van der Waals surface area (Å²) in [6, 6.07) is 8.93. The van der Waals surface area contributed by atoms with Crippen LogP contribution < -0.4 is 11.3 Å². The highest BCUT2D eigenvalue weighted by molar-refractivity contribution is 6.00. The predicted octanol–water partition coefficient (Wildman–Crippen LogP) is 1.85. The van der Waals surface area contributed by atoms with Gasteiger partial charge in [0.05, 0.1) is 5.69 Å². The van der Waals surface area contributed by atoms with Gasteiger partial charge in [-0.2, -0.15) is 0 Å². The van der Waals surface area contributed by atoms with Crippen LogP contribution in [0.2, 0.25) is 0 Å². The van der Waals surface area contributed by atoms with Crippen molar-refractivity contribution in [2.75, 3.05) is 39.0 Å². The van der Waals surface area contributed by atoms with Crippen LogP contribution in [0.3, 0.4) is 0 Å². The molecule has 0 bridgehead atoms. The molecule has 2 saturated heterocycles. The lowest BCUT2D eigenvalue weighted by Crippen LogP contribution is -2.46. The van der Waals surface area contributed by atoms with Crippen LogP contribution in [0.15, 0.2) is 46.5 Å². The highest BCUT2D eigenvalue weighted by atomic mass is 16.6. The van der Waals surface area contributed by atoms with Crippen molar-refractivity contribution in [3.05, 3.63) is 58.1 Å². The highest BCUT2D eigenvalue weighted by Crippen LogP contribution is 2.26. The lowest BCUT2D eigenvalue weighted by atomic mass is 9.88. The smallest absolute Gasteiger partial charge is 0.248 e. The van der Waals surface area contributed by atoms with Crippen molar-refractivity contribution in [2.24, 2.45) is 17.0 Å². The minimum Gasteiger partial charge on any atom is -0.399 e. The van der Waals surface area contributed by atoms with Crippen LogP contribution in [-0.2, 0) is 16.2 Å². The Balaban J connectivity index is 1.29. The number of rotatable bonds is 6. The lowest BCUT2D eigenvalue weighted by molar-refractivity contribution is -0.138. The number of pyridine rings is 2. The van der Waals surface area contributed by atoms with Gasteiger partial charge in [-0.25, -0.2) is 4.98 Å². The number of nitrogen functional groups attached to an aromatic ring is 1. The molecule has 9 nitrogen and oxygen atoms in total. The largest absolute Gasteiger partial charge is 0.399 e. The number of nitrogens with two attached hydrogens (primary N) is 1. The number of hydrogen-bond donors (Lipinski definition) is 2. The molecule has 0 atom stereocenters. The summed E-state index contributed by atoms with van der Waals surface area (Å²) in [5, 5.41) is 4.19. The van der Waals surface area contributed by atoms with Crippen molar-refractivity contribution in [1.82, 2.24) is 19.8 Å². The highest BCUT2D eigenvalue weighted by Gasteiger charge is 2.32. The van der Waals surface area contributed by atoms with Gasteiger partial charge in [-0.05, 0) is 62.5 Å². The molecule has 4 heterocycles. The van der Waals surface area contributed by atoms with Crippen LogP contribution in [0.5, 0.6) is 0 Å². The summed E-state index contributed by atoms with van der Waals surface area (Å²) in [4.78, 5) is 41.2. The monoisotopic (exact) mass is 452 g/mol. The molecule has 2 aliphatic rings. The quantitative estimate of drug-likeness (QED) is 0.510. The van der Waals surface area contributed by atoms with Gasteiger partial charge in [0.2, 0.25) is 11.5 Å². The molecular formula is C24H32N6O3. The number of carbonyl (C=O) groups excluding carboxylic acids is 1. The molecule has 2 fully saturated rings. The summed E-state index contributed by atoms with van der Waals surface area (Å²) in [6.45, 7) is 4.03. The van der Waals surface area contributed by atoms with E-state index in [1.807, 2.05) is 23.1 Å². The number of nitrogens with zero attached hydrogens (tertiary/aromatic N) is 4. The van der Waals surface area contributed by atoms with E-state index in [0.29, 0.717) is 24.6 Å². The van der Waals surface area contributed by atoms with Crippen LogP contribution in [0.1, 0.15) is 36.9 Å². The van der Waals surface area contributed by atoms with Gasteiger partial charge in [0.15, 0.2) is 0 Å². The standard InChI is InChI=1S/C24H32N6O3/c1-33-28-23(20-3-2-4-22(31)27-20)18-8-13-30(14-9-18)24(32)19-6-11-29(12-7-19)16-17-5-10-26-21(25)15-17/h2-5,10,15,18-19H,6-9,11-14,16H2,1H3,(H2,25,26)(H,27,31)/b28-23-. The number of nitrogens with one attached hydrogen (secondary N) is 1. The van der Waals surface area contributed by atoms with Gasteiger partial charge in [0.25, 0.3) is 0 Å². The van der Waals surface area contributed by atoms with Crippen LogP contribution >= 0.6 is 0 Å². The zero-order valence-corrected chi connectivity index (χ0v) is 19.1. The second-order valence-corrected chi connectivity index (χ2v) is 8.83. The van der Waals surface area contributed by atoms with Crippen molar-refractivity contribution in [3.63, 3.8) is 0 Å². The number of carbonyl (C=O) groups is 1. The van der Waals surface area contributed by atoms with E-state index in [1.165, 1.54) is 13.2 Å². The maximum atomic E-state index is 13.2. The Hall–Kier alpha value is -3.20. The molecule has 1 amide bonds. The molecule has 0 aliphatic carbocycles. The number of aromatic amines is 1. The summed E-state index contributed by atoms with van der Waals surface area (Å²) < 4.78 is 0. The van der Waals surface area contributed by atoms with E-state index < -0.39 is 0 Å². The number of likely N-dealkylation sites (tertiary alicyclic amines) is 2. The first-order valence-corrected chi connectivity index (χ1v) is 11.6. The summed E-state index contributed by atoms with van der Waals surface area (Å²) in [7, 11) is 1.51. The van der Waals surface area contributed by atoms with Gasteiger partial charge in [-0.1, -0.05) is 11.2 Å². The zero-order valence-electron chi connectivity index (χ0n) is 19.1. The summed E-state index contributed by atoms with van der Waals surface area (Å²) >= 11 is 0. The third-order valence-electron chi connectivity index (χ3n) is 6.62. The van der Waals surface area contributed by atoms with Crippen molar-refractivity contribution in [3.8, 4) is 0 Å². The Labute approximate surface area is 193 Å². The normalized spacial score (nSPS) is 18.9. The number of amides is 1. The third kappa shape index (κ3) is 5.78. The van der Waals surface area contributed by atoms with E-state index >= 15 is 0 Å². The Bertz CT molecular complexity index is 1040. The van der Waals surface area contributed by atoms with Crippen molar-refractivity contribution in [1.29, 1.82) is 0 Å². The molecule has 2 aromatic heterocycles. The van der Waals surface area contributed by atoms with Gasteiger partial charge in [-0.15, -0.1) is 0 Å². The van der Waals surface area contributed by atoms with Crippen molar-refractivity contribution >= 4 is 17.4 Å². The SMILES string of the molecule is CO/N=C(\c1cccc(=O)[nH]1)C1CCN(C(=O)C2CCN(Cc3ccnc(N)c3)CC2)CC1. The van der Waals surface area contributed by atoms with Gasteiger partial charge in [-0.3, -0.25) is 14.5 Å². The van der Waals surface area contributed by atoms with Gasteiger partial charge >= 0.3 is 0 Å². The van der Waals surface area contributed by atoms with Crippen molar-refractivity contribution in [2.45, 2.75) is 32.2 Å². The minimum atomic E-state index is -0.164.